The number of rotatable bonds is 7. The topological polar surface area (TPSA) is 55.4 Å². The van der Waals surface area contributed by atoms with E-state index in [1.54, 1.807) is 26.0 Å². The molecule has 6 heteroatoms. The van der Waals surface area contributed by atoms with Crippen molar-refractivity contribution >= 4 is 23.6 Å². The van der Waals surface area contributed by atoms with Crippen LogP contribution in [0.2, 0.25) is 0 Å². The highest BCUT2D eigenvalue weighted by molar-refractivity contribution is 7.99. The van der Waals surface area contributed by atoms with Crippen LogP contribution in [-0.2, 0) is 14.3 Å². The molecule has 0 saturated carbocycles. The molecule has 1 amide bonds. The lowest BCUT2D eigenvalue weighted by Gasteiger charge is -2.12. The molecule has 1 aromatic rings. The van der Waals surface area contributed by atoms with E-state index in [1.165, 1.54) is 23.9 Å². The summed E-state index contributed by atoms with van der Waals surface area (Å²) in [6, 6.07) is 5.45. The Labute approximate surface area is 122 Å². The number of nitrogens with one attached hydrogen (secondary N) is 1. The first kappa shape index (κ1) is 16.5. The van der Waals surface area contributed by atoms with Gasteiger partial charge in [-0.05, 0) is 38.1 Å². The van der Waals surface area contributed by atoms with Crippen LogP contribution in [-0.4, -0.2) is 30.3 Å². The molecule has 4 nitrogen and oxygen atoms in total. The molecule has 0 heterocycles. The summed E-state index contributed by atoms with van der Waals surface area (Å²) in [5.41, 5.74) is 0. The Bertz CT molecular complexity index is 450. The predicted molar refractivity (Wildman–Crippen MR) is 76.0 cm³/mol. The first-order chi connectivity index (χ1) is 9.52. The molecule has 0 saturated heterocycles. The van der Waals surface area contributed by atoms with Gasteiger partial charge in [-0.1, -0.05) is 0 Å². The van der Waals surface area contributed by atoms with E-state index in [1.807, 2.05) is 0 Å². The van der Waals surface area contributed by atoms with Crippen molar-refractivity contribution in [1.82, 2.24) is 5.32 Å². The van der Waals surface area contributed by atoms with Gasteiger partial charge in [0.15, 0.2) is 0 Å². The Morgan fingerprint density at radius 1 is 1.35 bits per heavy atom. The third-order valence-electron chi connectivity index (χ3n) is 2.43. The zero-order valence-corrected chi connectivity index (χ0v) is 12.3. The predicted octanol–water partition coefficient (Wildman–Crippen LogP) is 2.38. The Kier molecular flexibility index (Phi) is 7.08. The van der Waals surface area contributed by atoms with Gasteiger partial charge in [0, 0.05) is 17.1 Å². The van der Waals surface area contributed by atoms with Crippen molar-refractivity contribution in [3.8, 4) is 0 Å². The molecule has 1 aromatic carbocycles. The zero-order valence-electron chi connectivity index (χ0n) is 11.5. The summed E-state index contributed by atoms with van der Waals surface area (Å²) < 4.78 is 17.5. The van der Waals surface area contributed by atoms with Crippen molar-refractivity contribution < 1.29 is 18.7 Å². The summed E-state index contributed by atoms with van der Waals surface area (Å²) in [4.78, 5) is 23.8. The Morgan fingerprint density at radius 2 is 2.00 bits per heavy atom. The fraction of sp³-hybridized carbons (Fsp3) is 0.429. The molecule has 0 bridgehead atoms. The highest BCUT2D eigenvalue weighted by Gasteiger charge is 2.16. The summed E-state index contributed by atoms with van der Waals surface area (Å²) >= 11 is 1.46. The minimum atomic E-state index is -0.640. The maximum atomic E-state index is 12.7. The van der Waals surface area contributed by atoms with Crippen LogP contribution in [0.25, 0.3) is 0 Å². The average molecular weight is 299 g/mol. The lowest BCUT2D eigenvalue weighted by atomic mass is 10.3. The lowest BCUT2D eigenvalue weighted by molar-refractivity contribution is -0.146. The quantitative estimate of drug-likeness (QED) is 0.620. The number of carbonyl (C=O) groups is 2. The van der Waals surface area contributed by atoms with Crippen LogP contribution in [0.5, 0.6) is 0 Å². The Balaban J connectivity index is 2.26. The monoisotopic (exact) mass is 299 g/mol. The number of benzene rings is 1. The van der Waals surface area contributed by atoms with Crippen molar-refractivity contribution in [2.75, 3.05) is 12.4 Å². The minimum absolute atomic E-state index is 0.208. The van der Waals surface area contributed by atoms with Crippen LogP contribution in [0.1, 0.15) is 20.3 Å². The maximum absolute atomic E-state index is 12.7. The average Bonchev–Trinajstić information content (AvgIpc) is 2.41. The van der Waals surface area contributed by atoms with E-state index in [4.69, 9.17) is 4.74 Å². The van der Waals surface area contributed by atoms with Gasteiger partial charge in [-0.3, -0.25) is 4.79 Å². The van der Waals surface area contributed by atoms with Crippen molar-refractivity contribution in [3.63, 3.8) is 0 Å². The second kappa shape index (κ2) is 8.58. The van der Waals surface area contributed by atoms with Gasteiger partial charge in [-0.25, -0.2) is 9.18 Å². The van der Waals surface area contributed by atoms with Crippen molar-refractivity contribution in [1.29, 1.82) is 0 Å². The molecule has 1 atom stereocenters. The van der Waals surface area contributed by atoms with Crippen LogP contribution in [0, 0.1) is 5.82 Å². The van der Waals surface area contributed by atoms with Gasteiger partial charge in [0.1, 0.15) is 11.9 Å². The highest BCUT2D eigenvalue weighted by Crippen LogP contribution is 2.18. The van der Waals surface area contributed by atoms with Gasteiger partial charge >= 0.3 is 5.97 Å². The molecule has 0 aliphatic rings. The van der Waals surface area contributed by atoms with Crippen LogP contribution < -0.4 is 5.32 Å². The number of hydrogen-bond donors (Lipinski definition) is 1. The number of amides is 1. The highest BCUT2D eigenvalue weighted by atomic mass is 32.2. The third kappa shape index (κ3) is 6.06. The van der Waals surface area contributed by atoms with Crippen molar-refractivity contribution in [2.45, 2.75) is 31.2 Å². The molecule has 0 aromatic heterocycles. The first-order valence-electron chi connectivity index (χ1n) is 6.37. The standard InChI is InChI=1S/C14H18FNO3S/c1-3-19-14(18)10(2)16-13(17)8-9-20-12-6-4-11(15)5-7-12/h4-7,10H,3,8-9H2,1-2H3,(H,16,17)/t10-/m0/s1. The molecule has 1 N–H and O–H groups in total. The van der Waals surface area contributed by atoms with Gasteiger partial charge in [-0.15, -0.1) is 11.8 Å². The van der Waals surface area contributed by atoms with Crippen molar-refractivity contribution in [2.24, 2.45) is 0 Å². The van der Waals surface area contributed by atoms with Gasteiger partial charge in [0.25, 0.3) is 0 Å². The zero-order chi connectivity index (χ0) is 15.0. The van der Waals surface area contributed by atoms with Crippen LogP contribution in [0.4, 0.5) is 4.39 Å². The van der Waals surface area contributed by atoms with E-state index in [0.29, 0.717) is 12.4 Å². The fourth-order valence-corrected chi connectivity index (χ4v) is 2.28. The fourth-order valence-electron chi connectivity index (χ4n) is 1.43. The van der Waals surface area contributed by atoms with E-state index < -0.39 is 12.0 Å². The van der Waals surface area contributed by atoms with Gasteiger partial charge in [-0.2, -0.15) is 0 Å². The summed E-state index contributed by atoms with van der Waals surface area (Å²) in [6.07, 6.45) is 0.284. The second-order valence-electron chi connectivity index (χ2n) is 4.09. The Hall–Kier alpha value is -1.56. The minimum Gasteiger partial charge on any atom is -0.464 e. The summed E-state index contributed by atoms with van der Waals surface area (Å²) in [5, 5.41) is 2.57. The lowest BCUT2D eigenvalue weighted by Crippen LogP contribution is -2.39. The van der Waals surface area contributed by atoms with Crippen LogP contribution in [0.15, 0.2) is 29.2 Å². The molecule has 0 fully saturated rings. The number of thioether (sulfide) groups is 1. The number of halogens is 1. The van der Waals surface area contributed by atoms with E-state index in [0.717, 1.165) is 4.90 Å². The molecule has 0 aliphatic heterocycles. The normalized spacial score (nSPS) is 11.8. The van der Waals surface area contributed by atoms with Gasteiger partial charge < -0.3 is 10.1 Å². The summed E-state index contributed by atoms with van der Waals surface area (Å²) in [6.45, 7) is 3.59. The molecule has 1 rings (SSSR count). The van der Waals surface area contributed by atoms with E-state index in [9.17, 15) is 14.0 Å². The molecule has 0 spiro atoms. The van der Waals surface area contributed by atoms with E-state index in [2.05, 4.69) is 5.32 Å². The smallest absolute Gasteiger partial charge is 0.328 e. The van der Waals surface area contributed by atoms with Gasteiger partial charge in [0.2, 0.25) is 5.91 Å². The molecule has 20 heavy (non-hydrogen) atoms. The van der Waals surface area contributed by atoms with Crippen LogP contribution in [0.3, 0.4) is 0 Å². The summed E-state index contributed by atoms with van der Waals surface area (Å²) in [7, 11) is 0. The van der Waals surface area contributed by atoms with E-state index in [-0.39, 0.29) is 18.1 Å². The maximum Gasteiger partial charge on any atom is 0.328 e. The summed E-state index contributed by atoms with van der Waals surface area (Å²) in [5.74, 6) is -0.366. The molecule has 0 unspecified atom stereocenters. The first-order valence-corrected chi connectivity index (χ1v) is 7.36. The molecule has 110 valence electrons. The largest absolute Gasteiger partial charge is 0.464 e. The molecular formula is C14H18FNO3S. The third-order valence-corrected chi connectivity index (χ3v) is 3.44. The Morgan fingerprint density at radius 3 is 2.60 bits per heavy atom. The number of ether oxygens (including phenoxy) is 1. The van der Waals surface area contributed by atoms with E-state index >= 15 is 0 Å². The molecule has 0 radical (unpaired) electrons. The number of carbonyl (C=O) groups excluding carboxylic acids is 2. The number of esters is 1. The van der Waals surface area contributed by atoms with Crippen LogP contribution >= 0.6 is 11.8 Å². The SMILES string of the molecule is CCOC(=O)[C@H](C)NC(=O)CCSc1ccc(F)cc1. The second-order valence-corrected chi connectivity index (χ2v) is 5.26. The molecular weight excluding hydrogens is 281 g/mol. The van der Waals surface area contributed by atoms with Gasteiger partial charge in [0.05, 0.1) is 6.61 Å². The van der Waals surface area contributed by atoms with Crippen molar-refractivity contribution in [3.05, 3.63) is 30.1 Å². The number of hydrogen-bond acceptors (Lipinski definition) is 4. The molecule has 0 aliphatic carbocycles.